The second-order valence-electron chi connectivity index (χ2n) is 8.83. The van der Waals surface area contributed by atoms with Gasteiger partial charge >= 0.3 is 0 Å². The van der Waals surface area contributed by atoms with E-state index in [1.165, 1.54) is 22.3 Å². The number of likely N-dealkylation sites (N-methyl/N-ethyl adjacent to an activating group) is 1. The Labute approximate surface area is 204 Å². The fourth-order valence-corrected chi connectivity index (χ4v) is 4.33. The standard InChI is InChI=1S/C32H34NO/c1-2-33(26-30-14-8-4-9-15-30,27-31-16-10-5-11-17-31)24-25-34-32-22-20-29(21-23-32)19-18-28-12-6-3-7-13-28/h3-23H,2,24-27H2,1H3/q+1/b19-18+. The molecule has 4 aromatic carbocycles. The zero-order valence-electron chi connectivity index (χ0n) is 20.0. The average Bonchev–Trinajstić information content (AvgIpc) is 2.90. The van der Waals surface area contributed by atoms with Crippen LogP contribution in [0.4, 0.5) is 0 Å². The SMILES string of the molecule is CC[N+](CCOc1ccc(/C=C/c2ccccc2)cc1)(Cc1ccccc1)Cc1ccccc1. The summed E-state index contributed by atoms with van der Waals surface area (Å²) in [6.45, 7) is 6.98. The lowest BCUT2D eigenvalue weighted by Crippen LogP contribution is -2.48. The van der Waals surface area contributed by atoms with Crippen LogP contribution in [-0.2, 0) is 13.1 Å². The van der Waals surface area contributed by atoms with Gasteiger partial charge in [-0.3, -0.25) is 0 Å². The number of benzene rings is 4. The minimum Gasteiger partial charge on any atom is -0.488 e. The molecule has 0 saturated carbocycles. The average molecular weight is 449 g/mol. The number of hydrogen-bond donors (Lipinski definition) is 0. The second-order valence-corrected chi connectivity index (χ2v) is 8.83. The molecule has 2 nitrogen and oxygen atoms in total. The van der Waals surface area contributed by atoms with E-state index in [9.17, 15) is 0 Å². The second kappa shape index (κ2) is 12.0. The van der Waals surface area contributed by atoms with Crippen LogP contribution in [0, 0.1) is 0 Å². The zero-order valence-corrected chi connectivity index (χ0v) is 20.0. The third-order valence-electron chi connectivity index (χ3n) is 6.37. The fourth-order valence-electron chi connectivity index (χ4n) is 4.33. The lowest BCUT2D eigenvalue weighted by Gasteiger charge is -2.38. The lowest BCUT2D eigenvalue weighted by molar-refractivity contribution is -0.952. The highest BCUT2D eigenvalue weighted by Gasteiger charge is 2.26. The summed E-state index contributed by atoms with van der Waals surface area (Å²) in [4.78, 5) is 0. The number of quaternary nitrogens is 1. The highest BCUT2D eigenvalue weighted by molar-refractivity contribution is 5.69. The molecular weight excluding hydrogens is 414 g/mol. The molecule has 2 heteroatoms. The number of ether oxygens (including phenoxy) is 1. The molecule has 0 atom stereocenters. The van der Waals surface area contributed by atoms with Gasteiger partial charge in [-0.15, -0.1) is 0 Å². The first-order chi connectivity index (χ1) is 16.7. The highest BCUT2D eigenvalue weighted by atomic mass is 16.5. The van der Waals surface area contributed by atoms with Gasteiger partial charge in [-0.05, 0) is 30.2 Å². The molecule has 0 saturated heterocycles. The first kappa shape index (κ1) is 23.5. The maximum Gasteiger partial charge on any atom is 0.137 e. The summed E-state index contributed by atoms with van der Waals surface area (Å²) in [6, 6.07) is 40.4. The third kappa shape index (κ3) is 6.94. The van der Waals surface area contributed by atoms with Crippen LogP contribution in [0.3, 0.4) is 0 Å². The predicted octanol–water partition coefficient (Wildman–Crippen LogP) is 7.47. The Hall–Kier alpha value is -3.62. The number of rotatable bonds is 11. The summed E-state index contributed by atoms with van der Waals surface area (Å²) in [5, 5.41) is 0. The zero-order chi connectivity index (χ0) is 23.5. The van der Waals surface area contributed by atoms with Gasteiger partial charge in [-0.2, -0.15) is 0 Å². The van der Waals surface area contributed by atoms with Crippen molar-refractivity contribution in [1.82, 2.24) is 0 Å². The molecule has 0 aliphatic rings. The van der Waals surface area contributed by atoms with E-state index in [1.807, 2.05) is 6.07 Å². The molecule has 0 heterocycles. The molecule has 172 valence electrons. The van der Waals surface area contributed by atoms with Gasteiger partial charge in [0, 0.05) is 11.1 Å². The Bertz CT molecular complexity index is 1090. The van der Waals surface area contributed by atoms with Gasteiger partial charge in [0.1, 0.15) is 32.0 Å². The van der Waals surface area contributed by atoms with Crippen LogP contribution in [-0.4, -0.2) is 24.2 Å². The van der Waals surface area contributed by atoms with Gasteiger partial charge in [-0.1, -0.05) is 115 Å². The molecule has 0 fully saturated rings. The molecule has 0 N–H and O–H groups in total. The number of hydrogen-bond acceptors (Lipinski definition) is 1. The van der Waals surface area contributed by atoms with E-state index in [0.29, 0.717) is 6.61 Å². The minimum absolute atomic E-state index is 0.687. The molecule has 0 bridgehead atoms. The van der Waals surface area contributed by atoms with Gasteiger partial charge in [0.2, 0.25) is 0 Å². The maximum atomic E-state index is 6.22. The molecule has 4 rings (SSSR count). The van der Waals surface area contributed by atoms with E-state index < -0.39 is 0 Å². The van der Waals surface area contributed by atoms with E-state index in [2.05, 4.69) is 128 Å². The van der Waals surface area contributed by atoms with Crippen LogP contribution in [0.5, 0.6) is 5.75 Å². The Morgan fingerprint density at radius 1 is 0.588 bits per heavy atom. The Morgan fingerprint density at radius 3 is 1.56 bits per heavy atom. The van der Waals surface area contributed by atoms with Crippen molar-refractivity contribution in [2.75, 3.05) is 19.7 Å². The summed E-state index contributed by atoms with van der Waals surface area (Å²) < 4.78 is 7.18. The van der Waals surface area contributed by atoms with Crippen LogP contribution >= 0.6 is 0 Å². The largest absolute Gasteiger partial charge is 0.488 e. The van der Waals surface area contributed by atoms with Gasteiger partial charge in [0.05, 0.1) is 6.54 Å². The molecule has 0 aromatic heterocycles. The van der Waals surface area contributed by atoms with Crippen LogP contribution in [0.1, 0.15) is 29.2 Å². The molecule has 0 aliphatic heterocycles. The number of nitrogens with zero attached hydrogens (tertiary/aromatic N) is 1. The fraction of sp³-hybridized carbons (Fsp3) is 0.188. The molecule has 0 radical (unpaired) electrons. The Balaban J connectivity index is 1.40. The van der Waals surface area contributed by atoms with E-state index in [1.54, 1.807) is 0 Å². The lowest BCUT2D eigenvalue weighted by atomic mass is 10.1. The smallest absolute Gasteiger partial charge is 0.137 e. The first-order valence-corrected chi connectivity index (χ1v) is 12.1. The normalized spacial score (nSPS) is 11.6. The van der Waals surface area contributed by atoms with E-state index >= 15 is 0 Å². The van der Waals surface area contributed by atoms with Gasteiger partial charge in [0.15, 0.2) is 0 Å². The molecule has 0 unspecified atom stereocenters. The van der Waals surface area contributed by atoms with Crippen LogP contribution in [0.15, 0.2) is 115 Å². The summed E-state index contributed by atoms with van der Waals surface area (Å²) in [5.74, 6) is 0.922. The van der Waals surface area contributed by atoms with Crippen LogP contribution < -0.4 is 4.74 Å². The van der Waals surface area contributed by atoms with Crippen molar-refractivity contribution in [1.29, 1.82) is 0 Å². The van der Waals surface area contributed by atoms with Crippen molar-refractivity contribution in [2.24, 2.45) is 0 Å². The van der Waals surface area contributed by atoms with E-state index in [-0.39, 0.29) is 0 Å². The summed E-state index contributed by atoms with van der Waals surface area (Å²) in [6.07, 6.45) is 4.27. The first-order valence-electron chi connectivity index (χ1n) is 12.1. The summed E-state index contributed by atoms with van der Waals surface area (Å²) in [5.41, 5.74) is 5.11. The quantitative estimate of drug-likeness (QED) is 0.171. The summed E-state index contributed by atoms with van der Waals surface area (Å²) >= 11 is 0. The van der Waals surface area contributed by atoms with Gasteiger partial charge < -0.3 is 9.22 Å². The van der Waals surface area contributed by atoms with E-state index in [0.717, 1.165) is 36.4 Å². The van der Waals surface area contributed by atoms with Crippen molar-refractivity contribution >= 4 is 12.2 Å². The molecule has 0 amide bonds. The highest BCUT2D eigenvalue weighted by Crippen LogP contribution is 2.21. The van der Waals surface area contributed by atoms with E-state index in [4.69, 9.17) is 4.74 Å². The molecule has 0 spiro atoms. The van der Waals surface area contributed by atoms with Crippen LogP contribution in [0.25, 0.3) is 12.2 Å². The monoisotopic (exact) mass is 448 g/mol. The predicted molar refractivity (Wildman–Crippen MR) is 143 cm³/mol. The maximum absolute atomic E-state index is 6.22. The Kier molecular flexibility index (Phi) is 8.32. The van der Waals surface area contributed by atoms with Crippen molar-refractivity contribution in [3.05, 3.63) is 138 Å². The third-order valence-corrected chi connectivity index (χ3v) is 6.37. The van der Waals surface area contributed by atoms with Crippen molar-refractivity contribution in [2.45, 2.75) is 20.0 Å². The topological polar surface area (TPSA) is 9.23 Å². The summed E-state index contributed by atoms with van der Waals surface area (Å²) in [7, 11) is 0. The Morgan fingerprint density at radius 2 is 1.06 bits per heavy atom. The molecule has 34 heavy (non-hydrogen) atoms. The van der Waals surface area contributed by atoms with Gasteiger partial charge in [-0.25, -0.2) is 0 Å². The molecule has 0 aliphatic carbocycles. The van der Waals surface area contributed by atoms with Crippen LogP contribution in [0.2, 0.25) is 0 Å². The van der Waals surface area contributed by atoms with Crippen molar-refractivity contribution in [3.8, 4) is 5.75 Å². The molecule has 4 aromatic rings. The molecular formula is C32H34NO+. The minimum atomic E-state index is 0.687. The van der Waals surface area contributed by atoms with Crippen molar-refractivity contribution < 1.29 is 9.22 Å². The van der Waals surface area contributed by atoms with Crippen molar-refractivity contribution in [3.63, 3.8) is 0 Å². The van der Waals surface area contributed by atoms with Gasteiger partial charge in [0.25, 0.3) is 0 Å².